The molecule has 24 heavy (non-hydrogen) atoms. The van der Waals surface area contributed by atoms with E-state index in [4.69, 9.17) is 4.74 Å². The molecule has 1 aromatic carbocycles. The van der Waals surface area contributed by atoms with Gasteiger partial charge in [0.15, 0.2) is 0 Å². The molecular weight excluding hydrogens is 310 g/mol. The molecule has 3 rings (SSSR count). The van der Waals surface area contributed by atoms with Crippen molar-refractivity contribution in [2.75, 3.05) is 13.2 Å². The lowest BCUT2D eigenvalue weighted by Crippen LogP contribution is -2.47. The number of fused-ring (bicyclic) bond motifs is 3. The average molecular weight is 336 g/mol. The third kappa shape index (κ3) is 3.78. The molecule has 1 aliphatic heterocycles. The van der Waals surface area contributed by atoms with Gasteiger partial charge in [0.2, 0.25) is 0 Å². The number of hydrogen-bond acceptors (Lipinski definition) is 2. The zero-order valence-electron chi connectivity index (χ0n) is 14.8. The number of rotatable bonds is 4. The summed E-state index contributed by atoms with van der Waals surface area (Å²) in [6, 6.07) is 8.22. The maximum atomic E-state index is 14.3. The lowest BCUT2D eigenvalue weighted by Gasteiger charge is -2.36. The van der Waals surface area contributed by atoms with Crippen LogP contribution < -0.4 is 0 Å². The Balaban J connectivity index is 1.74. The number of alkyl halides is 2. The number of aromatic amines is 1. The summed E-state index contributed by atoms with van der Waals surface area (Å²) in [5.74, 6) is -2.86. The maximum absolute atomic E-state index is 14.3. The first-order chi connectivity index (χ1) is 11.1. The van der Waals surface area contributed by atoms with E-state index >= 15 is 0 Å². The van der Waals surface area contributed by atoms with Crippen LogP contribution in [-0.2, 0) is 17.7 Å². The largest absolute Gasteiger partial charge is 0.370 e. The molecule has 5 heteroatoms. The minimum absolute atomic E-state index is 0.0808. The van der Waals surface area contributed by atoms with E-state index in [-0.39, 0.29) is 12.6 Å². The van der Waals surface area contributed by atoms with Crippen molar-refractivity contribution in [3.05, 3.63) is 35.5 Å². The molecule has 0 bridgehead atoms. The Labute approximate surface area is 142 Å². The van der Waals surface area contributed by atoms with Gasteiger partial charge in [-0.3, -0.25) is 4.90 Å². The van der Waals surface area contributed by atoms with Gasteiger partial charge < -0.3 is 9.72 Å². The number of nitrogens with zero attached hydrogens (tertiary/aromatic N) is 1. The van der Waals surface area contributed by atoms with Crippen molar-refractivity contribution in [1.29, 1.82) is 0 Å². The zero-order valence-corrected chi connectivity index (χ0v) is 14.8. The van der Waals surface area contributed by atoms with Crippen LogP contribution >= 0.6 is 0 Å². The number of halogens is 2. The molecule has 1 aromatic heterocycles. The van der Waals surface area contributed by atoms with Crippen LogP contribution in [0.2, 0.25) is 0 Å². The number of H-pyrrole nitrogens is 1. The average Bonchev–Trinajstić information content (AvgIpc) is 2.82. The van der Waals surface area contributed by atoms with Crippen molar-refractivity contribution in [3.8, 4) is 0 Å². The molecule has 1 N–H and O–H groups in total. The number of aromatic nitrogens is 1. The van der Waals surface area contributed by atoms with E-state index < -0.39 is 18.1 Å². The van der Waals surface area contributed by atoms with E-state index in [0.29, 0.717) is 6.54 Å². The van der Waals surface area contributed by atoms with E-state index in [2.05, 4.69) is 11.1 Å². The molecule has 132 valence electrons. The number of ether oxygens (including phenoxy) is 1. The van der Waals surface area contributed by atoms with Gasteiger partial charge in [0.1, 0.15) is 6.61 Å². The van der Waals surface area contributed by atoms with Gasteiger partial charge in [-0.25, -0.2) is 8.78 Å². The number of benzene rings is 1. The van der Waals surface area contributed by atoms with Gasteiger partial charge in [-0.05, 0) is 45.7 Å². The molecule has 1 atom stereocenters. The second-order valence-electron chi connectivity index (χ2n) is 7.84. The quantitative estimate of drug-likeness (QED) is 0.898. The van der Waals surface area contributed by atoms with E-state index in [0.717, 1.165) is 17.6 Å². The van der Waals surface area contributed by atoms with Crippen LogP contribution in [0.5, 0.6) is 0 Å². The second kappa shape index (κ2) is 6.12. The van der Waals surface area contributed by atoms with Gasteiger partial charge >= 0.3 is 0 Å². The lowest BCUT2D eigenvalue weighted by atomic mass is 9.97. The summed E-state index contributed by atoms with van der Waals surface area (Å²) in [6.45, 7) is 7.11. The third-order valence-electron chi connectivity index (χ3n) is 4.54. The van der Waals surface area contributed by atoms with Crippen LogP contribution in [0.4, 0.5) is 8.78 Å². The Morgan fingerprint density at radius 3 is 2.67 bits per heavy atom. The lowest BCUT2D eigenvalue weighted by molar-refractivity contribution is -0.137. The van der Waals surface area contributed by atoms with Crippen LogP contribution in [0.15, 0.2) is 24.3 Å². The predicted octanol–water partition coefficient (Wildman–Crippen LogP) is 4.36. The van der Waals surface area contributed by atoms with Gasteiger partial charge in [0.25, 0.3) is 5.92 Å². The fourth-order valence-corrected chi connectivity index (χ4v) is 3.28. The van der Waals surface area contributed by atoms with Gasteiger partial charge in [0.05, 0.1) is 12.1 Å². The van der Waals surface area contributed by atoms with Gasteiger partial charge in [-0.1, -0.05) is 18.2 Å². The molecule has 1 aliphatic rings. The highest BCUT2D eigenvalue weighted by atomic mass is 19.3. The SMILES string of the molecule is C[C@@H]1Cc2c([nH]c3ccccc23)CN1CC(F)(F)COC(C)(C)C. The number of nitrogens with one attached hydrogen (secondary N) is 1. The van der Waals surface area contributed by atoms with E-state index in [1.54, 1.807) is 20.8 Å². The van der Waals surface area contributed by atoms with Crippen LogP contribution in [0, 0.1) is 0 Å². The van der Waals surface area contributed by atoms with Crippen LogP contribution in [0.1, 0.15) is 39.0 Å². The Bertz CT molecular complexity index is 718. The first-order valence-corrected chi connectivity index (χ1v) is 8.49. The highest BCUT2D eigenvalue weighted by Crippen LogP contribution is 2.31. The van der Waals surface area contributed by atoms with E-state index in [9.17, 15) is 8.78 Å². The third-order valence-corrected chi connectivity index (χ3v) is 4.54. The van der Waals surface area contributed by atoms with Crippen LogP contribution in [0.25, 0.3) is 10.9 Å². The van der Waals surface area contributed by atoms with Gasteiger partial charge in [0, 0.05) is 29.2 Å². The molecule has 0 spiro atoms. The minimum Gasteiger partial charge on any atom is -0.370 e. The molecule has 0 aliphatic carbocycles. The molecule has 0 amide bonds. The molecular formula is C19H26F2N2O. The van der Waals surface area contributed by atoms with Crippen LogP contribution in [-0.4, -0.2) is 40.6 Å². The standard InChI is InChI=1S/C19H26F2N2O/c1-13-9-15-14-7-5-6-8-16(14)22-17(15)10-23(13)11-19(20,21)12-24-18(2,3)4/h5-8,13,22H,9-12H2,1-4H3/t13-/m1/s1. The van der Waals surface area contributed by atoms with Crippen LogP contribution in [0.3, 0.4) is 0 Å². The highest BCUT2D eigenvalue weighted by molar-refractivity contribution is 5.84. The Morgan fingerprint density at radius 2 is 1.96 bits per heavy atom. The minimum atomic E-state index is -2.86. The zero-order chi connectivity index (χ0) is 17.5. The summed E-state index contributed by atoms with van der Waals surface area (Å²) in [4.78, 5) is 5.24. The highest BCUT2D eigenvalue weighted by Gasteiger charge is 2.37. The number of hydrogen-bond donors (Lipinski definition) is 1. The molecule has 0 unspecified atom stereocenters. The molecule has 2 heterocycles. The predicted molar refractivity (Wildman–Crippen MR) is 92.5 cm³/mol. The topological polar surface area (TPSA) is 28.3 Å². The first kappa shape index (κ1) is 17.4. The summed E-state index contributed by atoms with van der Waals surface area (Å²) in [7, 11) is 0. The second-order valence-corrected chi connectivity index (χ2v) is 7.84. The summed E-state index contributed by atoms with van der Waals surface area (Å²) >= 11 is 0. The van der Waals surface area contributed by atoms with E-state index in [1.165, 1.54) is 10.9 Å². The molecule has 0 saturated heterocycles. The molecule has 2 aromatic rings. The summed E-state index contributed by atoms with van der Waals surface area (Å²) in [6.07, 6.45) is 0.787. The normalized spacial score (nSPS) is 19.7. The molecule has 0 saturated carbocycles. The molecule has 3 nitrogen and oxygen atoms in total. The fraction of sp³-hybridized carbons (Fsp3) is 0.579. The van der Waals surface area contributed by atoms with Gasteiger partial charge in [-0.2, -0.15) is 0 Å². The molecule has 0 radical (unpaired) electrons. The fourth-order valence-electron chi connectivity index (χ4n) is 3.28. The summed E-state index contributed by atoms with van der Waals surface area (Å²) in [5, 5.41) is 1.21. The van der Waals surface area contributed by atoms with Gasteiger partial charge in [-0.15, -0.1) is 0 Å². The Morgan fingerprint density at radius 1 is 1.25 bits per heavy atom. The summed E-state index contributed by atoms with van der Waals surface area (Å²) < 4.78 is 33.9. The van der Waals surface area contributed by atoms with Crippen molar-refractivity contribution >= 4 is 10.9 Å². The van der Waals surface area contributed by atoms with Crippen molar-refractivity contribution in [2.45, 2.75) is 58.2 Å². The number of para-hydroxylation sites is 1. The molecule has 0 fully saturated rings. The van der Waals surface area contributed by atoms with Crippen molar-refractivity contribution < 1.29 is 13.5 Å². The van der Waals surface area contributed by atoms with Crippen molar-refractivity contribution in [1.82, 2.24) is 9.88 Å². The van der Waals surface area contributed by atoms with E-state index in [1.807, 2.05) is 30.0 Å². The van der Waals surface area contributed by atoms with Crippen molar-refractivity contribution in [2.24, 2.45) is 0 Å². The first-order valence-electron chi connectivity index (χ1n) is 8.49. The maximum Gasteiger partial charge on any atom is 0.283 e. The monoisotopic (exact) mass is 336 g/mol. The summed E-state index contributed by atoms with van der Waals surface area (Å²) in [5.41, 5.74) is 2.85. The Hall–Kier alpha value is -1.46. The Kier molecular flexibility index (Phi) is 4.43. The smallest absolute Gasteiger partial charge is 0.283 e. The van der Waals surface area contributed by atoms with Crippen molar-refractivity contribution in [3.63, 3.8) is 0 Å².